The Hall–Kier alpha value is -0.473. The van der Waals surface area contributed by atoms with Crippen LogP contribution in [0.1, 0.15) is 0 Å². The van der Waals surface area contributed by atoms with E-state index in [9.17, 15) is 13.2 Å². The maximum atomic E-state index is 9.58. The summed E-state index contributed by atoms with van der Waals surface area (Å²) in [6.07, 6.45) is 1.55. The molecule has 0 atom stereocenters. The molecular weight excluding hydrogens is 142 g/mol. The quantitative estimate of drug-likeness (QED) is 0.518. The van der Waals surface area contributed by atoms with Crippen molar-refractivity contribution in [2.75, 3.05) is 0 Å². The van der Waals surface area contributed by atoms with Gasteiger partial charge in [-0.05, 0) is 0 Å². The van der Waals surface area contributed by atoms with Gasteiger partial charge >= 0.3 is 50.4 Å². The topological polar surface area (TPSA) is 41.6 Å². The van der Waals surface area contributed by atoms with Crippen LogP contribution in [0.3, 0.4) is 0 Å². The van der Waals surface area contributed by atoms with Crippen molar-refractivity contribution in [3.8, 4) is 0 Å². The molecule has 1 N–H and O–H groups in total. The Morgan fingerprint density at radius 3 is 2.10 bits per heavy atom. The van der Waals surface area contributed by atoms with Crippen LogP contribution in [0.25, 0.3) is 0 Å². The molecule has 0 aliphatic heterocycles. The molecule has 0 saturated carbocycles. The Kier molecular flexibility index (Phi) is 5.07. The fraction of sp³-hybridized carbons (Fsp3) is 0. The van der Waals surface area contributed by atoms with Gasteiger partial charge in [0.05, 0.1) is 0 Å². The van der Waals surface area contributed by atoms with Gasteiger partial charge in [-0.2, -0.15) is 13.2 Å². The van der Waals surface area contributed by atoms with Gasteiger partial charge in [-0.25, -0.2) is 0 Å². The van der Waals surface area contributed by atoms with Crippen molar-refractivity contribution in [2.24, 2.45) is 0 Å². The van der Waals surface area contributed by atoms with Crippen LogP contribution in [-0.2, 0) is 0 Å². The third kappa shape index (κ3) is 7.53. The molecule has 10 heavy (non-hydrogen) atoms. The molecule has 0 bridgehead atoms. The average Bonchev–Trinajstić information content (AvgIpc) is 2.15. The van der Waals surface area contributed by atoms with Crippen LogP contribution in [-0.4, -0.2) is 32.9 Å². The van der Waals surface area contributed by atoms with E-state index < -0.39 is 6.68 Å². The molecule has 0 unspecified atom stereocenters. The number of rotatable bonds is 0. The van der Waals surface area contributed by atoms with Crippen molar-refractivity contribution in [1.29, 1.82) is 0 Å². The van der Waals surface area contributed by atoms with E-state index in [1.54, 1.807) is 6.33 Å². The third-order valence-corrected chi connectivity index (χ3v) is 0.535. The molecule has 1 rings (SSSR count). The van der Waals surface area contributed by atoms with E-state index in [0.29, 0.717) is 0 Å². The van der Waals surface area contributed by atoms with E-state index in [-0.39, 0.29) is 0 Å². The molecular formula is C3H2F3LiN3. The van der Waals surface area contributed by atoms with E-state index in [2.05, 4.69) is 15.2 Å². The van der Waals surface area contributed by atoms with Crippen LogP contribution in [0, 0.1) is 6.68 Å². The molecule has 0 spiro atoms. The van der Waals surface area contributed by atoms with E-state index in [4.69, 9.17) is 0 Å². The van der Waals surface area contributed by atoms with Crippen LogP contribution in [0.5, 0.6) is 0 Å². The third-order valence-electron chi connectivity index (χ3n) is 0.535. The number of hydrogen-bond donors (Lipinski definition) is 1. The van der Waals surface area contributed by atoms with Crippen LogP contribution in [0.4, 0.5) is 13.2 Å². The number of aromatic nitrogens is 3. The summed E-state index contributed by atoms with van der Waals surface area (Å²) in [7, 11) is 0. The minimum atomic E-state index is -3.08. The molecule has 51 valence electrons. The summed E-state index contributed by atoms with van der Waals surface area (Å²) in [6, 6.07) is 0. The van der Waals surface area contributed by atoms with Gasteiger partial charge in [-0.3, -0.25) is 0 Å². The Morgan fingerprint density at radius 2 is 2.00 bits per heavy atom. The van der Waals surface area contributed by atoms with Crippen molar-refractivity contribution in [2.45, 2.75) is 0 Å². The molecule has 3 nitrogen and oxygen atoms in total. The number of aromatic amines is 1. The monoisotopic (exact) mass is 144 g/mol. The first-order valence-electron chi connectivity index (χ1n) is 2.28. The Morgan fingerprint density at radius 1 is 1.50 bits per heavy atom. The van der Waals surface area contributed by atoms with Gasteiger partial charge in [-0.1, -0.05) is 0 Å². The van der Waals surface area contributed by atoms with Gasteiger partial charge in [0.15, 0.2) is 0 Å². The molecule has 0 aromatic carbocycles. The van der Waals surface area contributed by atoms with E-state index in [1.807, 2.05) is 17.7 Å². The van der Waals surface area contributed by atoms with Gasteiger partial charge in [0.25, 0.3) is 0 Å². The van der Waals surface area contributed by atoms with Crippen LogP contribution < -0.4 is 4.50 Å². The van der Waals surface area contributed by atoms with Gasteiger partial charge < -0.3 is 0 Å². The SMILES string of the molecule is F[C](F)F.[Li][c]1nc[nH]n1. The summed E-state index contributed by atoms with van der Waals surface area (Å²) in [6.45, 7) is -3.08. The molecule has 0 aliphatic rings. The maximum absolute atomic E-state index is 9.58. The van der Waals surface area contributed by atoms with E-state index in [1.165, 1.54) is 0 Å². The first-order chi connectivity index (χ1) is 4.63. The van der Waals surface area contributed by atoms with Crippen LogP contribution >= 0.6 is 0 Å². The summed E-state index contributed by atoms with van der Waals surface area (Å²) in [5.41, 5.74) is 0. The second-order valence-corrected chi connectivity index (χ2v) is 1.26. The normalized spacial score (nSPS) is 9.00. The van der Waals surface area contributed by atoms with E-state index in [0.717, 1.165) is 4.50 Å². The molecule has 0 aliphatic carbocycles. The number of hydrogen-bond acceptors (Lipinski definition) is 2. The summed E-state index contributed by atoms with van der Waals surface area (Å²) in [5.74, 6) is 0. The molecule has 1 radical (unpaired) electrons. The fourth-order valence-electron chi connectivity index (χ4n) is 0.273. The Labute approximate surface area is 64.2 Å². The molecule has 0 fully saturated rings. The molecule has 7 heteroatoms. The van der Waals surface area contributed by atoms with Gasteiger partial charge in [0.2, 0.25) is 0 Å². The zero-order valence-corrected chi connectivity index (χ0v) is 5.11. The minimum absolute atomic E-state index is 0.787. The van der Waals surface area contributed by atoms with Crippen molar-refractivity contribution >= 4 is 22.2 Å². The number of H-pyrrole nitrogens is 1. The molecule has 1 aromatic heterocycles. The summed E-state index contributed by atoms with van der Waals surface area (Å²) < 4.78 is 29.5. The molecule has 0 saturated heterocycles. The molecule has 1 heterocycles. The van der Waals surface area contributed by atoms with Crippen molar-refractivity contribution < 1.29 is 13.2 Å². The van der Waals surface area contributed by atoms with Crippen molar-refractivity contribution in [3.05, 3.63) is 13.0 Å². The van der Waals surface area contributed by atoms with Gasteiger partial charge in [0, 0.05) is 0 Å². The zero-order valence-electron chi connectivity index (χ0n) is 5.11. The standard InChI is InChI=1S/C2H2N3.CF3.Li/c1-3-2-5-4-1;2-1(3)4;/h1H,(H,3,4,5);;. The number of nitrogens with zero attached hydrogens (tertiary/aromatic N) is 2. The fourth-order valence-corrected chi connectivity index (χ4v) is 0.273. The van der Waals surface area contributed by atoms with Gasteiger partial charge in [0.1, 0.15) is 0 Å². The summed E-state index contributed by atoms with van der Waals surface area (Å²) in [4.78, 5) is 3.75. The summed E-state index contributed by atoms with van der Waals surface area (Å²) >= 11 is 1.83. The van der Waals surface area contributed by atoms with Crippen LogP contribution in [0.2, 0.25) is 0 Å². The number of halogens is 3. The van der Waals surface area contributed by atoms with Crippen molar-refractivity contribution in [3.63, 3.8) is 0 Å². The molecule has 0 amide bonds. The van der Waals surface area contributed by atoms with Crippen molar-refractivity contribution in [1.82, 2.24) is 15.2 Å². The van der Waals surface area contributed by atoms with Gasteiger partial charge in [-0.15, -0.1) is 0 Å². The number of nitrogens with one attached hydrogen (secondary N) is 1. The summed E-state index contributed by atoms with van der Waals surface area (Å²) in [5, 5.41) is 6.25. The first-order valence-corrected chi connectivity index (χ1v) is 2.28. The molecule has 1 aromatic rings. The Bertz CT molecular complexity index is 151. The van der Waals surface area contributed by atoms with E-state index >= 15 is 0 Å². The van der Waals surface area contributed by atoms with Crippen LogP contribution in [0.15, 0.2) is 6.33 Å². The second-order valence-electron chi connectivity index (χ2n) is 1.26. The second kappa shape index (κ2) is 5.32. The Balaban J connectivity index is 0.000000180. The predicted molar refractivity (Wildman–Crippen MR) is 28.3 cm³/mol. The average molecular weight is 144 g/mol. The zero-order chi connectivity index (χ0) is 7.98. The predicted octanol–water partition coefficient (Wildman–Crippen LogP) is -0.0596. The first kappa shape index (κ1) is 9.53.